The smallest absolute Gasteiger partial charge is 0.407 e. The van der Waals surface area contributed by atoms with Gasteiger partial charge in [0.2, 0.25) is 5.91 Å². The van der Waals surface area contributed by atoms with E-state index in [1.54, 1.807) is 6.08 Å². The molecule has 3 rings (SSSR count). The number of fused-ring (bicyclic) bond motifs is 3. The maximum absolute atomic E-state index is 12.5. The van der Waals surface area contributed by atoms with Crippen LogP contribution in [0.15, 0.2) is 61.2 Å². The summed E-state index contributed by atoms with van der Waals surface area (Å²) in [5.41, 5.74) is 4.54. The van der Waals surface area contributed by atoms with Crippen molar-refractivity contribution in [2.45, 2.75) is 37.6 Å². The molecule has 0 aliphatic heterocycles. The van der Waals surface area contributed by atoms with Crippen LogP contribution in [0.4, 0.5) is 4.79 Å². The number of hydrogen-bond acceptors (Lipinski definition) is 5. The van der Waals surface area contributed by atoms with Gasteiger partial charge in [0.1, 0.15) is 12.6 Å². The fourth-order valence-electron chi connectivity index (χ4n) is 4.08. The van der Waals surface area contributed by atoms with E-state index in [0.29, 0.717) is 25.8 Å². The number of nitrogens with one attached hydrogen (secondary N) is 2. The molecule has 0 saturated heterocycles. The van der Waals surface area contributed by atoms with Gasteiger partial charge in [-0.3, -0.25) is 4.79 Å². The van der Waals surface area contributed by atoms with E-state index in [9.17, 15) is 14.4 Å². The third-order valence-corrected chi connectivity index (χ3v) is 5.69. The summed E-state index contributed by atoms with van der Waals surface area (Å²) in [6, 6.07) is 15.4. The summed E-state index contributed by atoms with van der Waals surface area (Å²) in [5, 5.41) is 5.39. The summed E-state index contributed by atoms with van der Waals surface area (Å²) in [6.07, 6.45) is 2.83. The lowest BCUT2D eigenvalue weighted by Gasteiger charge is -2.18. The summed E-state index contributed by atoms with van der Waals surface area (Å²) < 4.78 is 10.3. The van der Waals surface area contributed by atoms with Crippen molar-refractivity contribution in [3.63, 3.8) is 0 Å². The molecule has 2 amide bonds. The molecule has 0 bridgehead atoms. The van der Waals surface area contributed by atoms with Crippen molar-refractivity contribution in [2.24, 2.45) is 0 Å². The van der Waals surface area contributed by atoms with E-state index >= 15 is 0 Å². The minimum Gasteiger partial charge on any atom is -0.467 e. The number of rotatable bonds is 11. The van der Waals surface area contributed by atoms with Gasteiger partial charge < -0.3 is 20.1 Å². The summed E-state index contributed by atoms with van der Waals surface area (Å²) in [4.78, 5) is 36.1. The zero-order chi connectivity index (χ0) is 23.6. The maximum atomic E-state index is 12.5. The first-order chi connectivity index (χ1) is 16.0. The van der Waals surface area contributed by atoms with Crippen molar-refractivity contribution in [1.29, 1.82) is 0 Å². The molecule has 0 saturated carbocycles. The Morgan fingerprint density at radius 3 is 2.27 bits per heavy atom. The highest BCUT2D eigenvalue weighted by molar-refractivity contribution is 5.82. The summed E-state index contributed by atoms with van der Waals surface area (Å²) in [6.45, 7) is 4.18. The zero-order valence-electron chi connectivity index (χ0n) is 18.8. The Bertz CT molecular complexity index is 958. The number of hydrogen-bond donors (Lipinski definition) is 2. The van der Waals surface area contributed by atoms with Gasteiger partial charge in [-0.2, -0.15) is 0 Å². The average molecular weight is 451 g/mol. The summed E-state index contributed by atoms with van der Waals surface area (Å²) in [5.74, 6) is -0.676. The second-order valence-electron chi connectivity index (χ2n) is 7.88. The van der Waals surface area contributed by atoms with Gasteiger partial charge in [-0.25, -0.2) is 9.59 Å². The lowest BCUT2D eigenvalue weighted by molar-refractivity contribution is -0.143. The van der Waals surface area contributed by atoms with Crippen LogP contribution in [0.1, 0.15) is 42.7 Å². The van der Waals surface area contributed by atoms with Gasteiger partial charge in [0.05, 0.1) is 7.11 Å². The van der Waals surface area contributed by atoms with Gasteiger partial charge in [0, 0.05) is 18.9 Å². The van der Waals surface area contributed by atoms with Gasteiger partial charge in [-0.15, -0.1) is 6.58 Å². The Hall–Kier alpha value is -3.61. The second-order valence-corrected chi connectivity index (χ2v) is 7.88. The molecule has 33 heavy (non-hydrogen) atoms. The van der Waals surface area contributed by atoms with Crippen LogP contribution in [-0.4, -0.2) is 44.3 Å². The van der Waals surface area contributed by atoms with Crippen LogP contribution in [0.25, 0.3) is 11.1 Å². The normalized spacial score (nSPS) is 12.8. The number of esters is 1. The van der Waals surface area contributed by atoms with E-state index in [2.05, 4.69) is 29.3 Å². The van der Waals surface area contributed by atoms with E-state index in [-0.39, 0.29) is 24.9 Å². The van der Waals surface area contributed by atoms with Crippen molar-refractivity contribution in [3.8, 4) is 11.1 Å². The molecule has 0 heterocycles. The Morgan fingerprint density at radius 1 is 1.03 bits per heavy atom. The van der Waals surface area contributed by atoms with Crippen molar-refractivity contribution in [3.05, 3.63) is 72.3 Å². The number of carbonyl (C=O) groups excluding carboxylic acids is 3. The number of ether oxygens (including phenoxy) is 2. The number of amides is 2. The van der Waals surface area contributed by atoms with Gasteiger partial charge in [0.25, 0.3) is 0 Å². The van der Waals surface area contributed by atoms with Crippen LogP contribution in [0.3, 0.4) is 0 Å². The van der Waals surface area contributed by atoms with Crippen LogP contribution >= 0.6 is 0 Å². The monoisotopic (exact) mass is 450 g/mol. The molecule has 0 spiro atoms. The molecule has 1 aliphatic rings. The van der Waals surface area contributed by atoms with E-state index < -0.39 is 18.1 Å². The topological polar surface area (TPSA) is 93.7 Å². The molecule has 2 aromatic carbocycles. The van der Waals surface area contributed by atoms with E-state index in [1.165, 1.54) is 7.11 Å². The predicted molar refractivity (Wildman–Crippen MR) is 126 cm³/mol. The Balaban J connectivity index is 1.52. The van der Waals surface area contributed by atoms with Crippen LogP contribution in [0.2, 0.25) is 0 Å². The van der Waals surface area contributed by atoms with Crippen molar-refractivity contribution < 1.29 is 23.9 Å². The molecule has 1 unspecified atom stereocenters. The zero-order valence-corrected chi connectivity index (χ0v) is 18.8. The largest absolute Gasteiger partial charge is 0.467 e. The number of benzene rings is 2. The number of unbranched alkanes of at least 4 members (excludes halogenated alkanes) is 1. The summed E-state index contributed by atoms with van der Waals surface area (Å²) >= 11 is 0. The highest BCUT2D eigenvalue weighted by Gasteiger charge is 2.29. The minimum absolute atomic E-state index is 0.0566. The molecule has 174 valence electrons. The highest BCUT2D eigenvalue weighted by Crippen LogP contribution is 2.44. The third kappa shape index (κ3) is 6.22. The minimum atomic E-state index is -0.811. The first kappa shape index (κ1) is 24.0. The van der Waals surface area contributed by atoms with Crippen LogP contribution < -0.4 is 10.6 Å². The average Bonchev–Trinajstić information content (AvgIpc) is 3.15. The molecule has 0 aromatic heterocycles. The Kier molecular flexibility index (Phi) is 8.63. The van der Waals surface area contributed by atoms with Gasteiger partial charge in [-0.1, -0.05) is 54.6 Å². The van der Waals surface area contributed by atoms with Crippen LogP contribution in [0.5, 0.6) is 0 Å². The number of methoxy groups -OCH3 is 1. The van der Waals surface area contributed by atoms with Crippen molar-refractivity contribution in [2.75, 3.05) is 20.3 Å². The van der Waals surface area contributed by atoms with Crippen LogP contribution in [-0.2, 0) is 19.1 Å². The molecule has 1 atom stereocenters. The number of carbonyl (C=O) groups is 3. The fraction of sp³-hybridized carbons (Fsp3) is 0.346. The highest BCUT2D eigenvalue weighted by atomic mass is 16.6. The van der Waals surface area contributed by atoms with Crippen molar-refractivity contribution >= 4 is 18.0 Å². The SMILES string of the molecule is C=CCC(=O)NCCCCC(NC(=O)OCC1c2ccccc2-c2ccccc21)C(=O)OC. The van der Waals surface area contributed by atoms with E-state index in [0.717, 1.165) is 22.3 Å². The van der Waals surface area contributed by atoms with Crippen LogP contribution in [0, 0.1) is 0 Å². The Morgan fingerprint density at radius 2 is 1.67 bits per heavy atom. The maximum Gasteiger partial charge on any atom is 0.407 e. The molecular formula is C26H30N2O5. The molecule has 7 nitrogen and oxygen atoms in total. The first-order valence-corrected chi connectivity index (χ1v) is 11.1. The molecule has 1 aliphatic carbocycles. The molecule has 2 aromatic rings. The molecular weight excluding hydrogens is 420 g/mol. The van der Waals surface area contributed by atoms with Crippen molar-refractivity contribution in [1.82, 2.24) is 10.6 Å². The molecule has 2 N–H and O–H groups in total. The van der Waals surface area contributed by atoms with E-state index in [4.69, 9.17) is 9.47 Å². The molecule has 0 fully saturated rings. The van der Waals surface area contributed by atoms with Gasteiger partial charge in [-0.05, 0) is 41.5 Å². The third-order valence-electron chi connectivity index (χ3n) is 5.69. The number of alkyl carbamates (subject to hydrolysis) is 1. The standard InChI is InChI=1S/C26H30N2O5/c1-3-10-24(29)27-16-9-8-15-23(25(30)32-2)28-26(31)33-17-22-20-13-6-4-11-18(20)19-12-5-7-14-21(19)22/h3-7,11-14,22-23H,1,8-10,15-17H2,2H3,(H,27,29)(H,28,31). The lowest BCUT2D eigenvalue weighted by Crippen LogP contribution is -2.42. The first-order valence-electron chi connectivity index (χ1n) is 11.1. The summed E-state index contributed by atoms with van der Waals surface area (Å²) in [7, 11) is 1.28. The predicted octanol–water partition coefficient (Wildman–Crippen LogP) is 3.93. The second kappa shape index (κ2) is 11.9. The lowest BCUT2D eigenvalue weighted by atomic mass is 9.98. The molecule has 7 heteroatoms. The van der Waals surface area contributed by atoms with Gasteiger partial charge >= 0.3 is 12.1 Å². The van der Waals surface area contributed by atoms with Gasteiger partial charge in [0.15, 0.2) is 0 Å². The Labute approximate surface area is 194 Å². The quantitative estimate of drug-likeness (QED) is 0.307. The fourth-order valence-corrected chi connectivity index (χ4v) is 4.08. The molecule has 0 radical (unpaired) electrons. The van der Waals surface area contributed by atoms with E-state index in [1.807, 2.05) is 36.4 Å².